The molecule has 2 fully saturated rings. The van der Waals surface area contributed by atoms with Gasteiger partial charge in [0.05, 0.1) is 22.7 Å². The van der Waals surface area contributed by atoms with Crippen molar-refractivity contribution in [2.75, 3.05) is 6.54 Å². The summed E-state index contributed by atoms with van der Waals surface area (Å²) in [6, 6.07) is 6.86. The molecule has 1 aromatic carbocycles. The summed E-state index contributed by atoms with van der Waals surface area (Å²) in [6.07, 6.45) is 2.42. The van der Waals surface area contributed by atoms with Gasteiger partial charge in [-0.3, -0.25) is 24.1 Å². The van der Waals surface area contributed by atoms with Gasteiger partial charge in [-0.05, 0) is 31.9 Å². The Balaban J connectivity index is 1.46. The number of rotatable bonds is 4. The van der Waals surface area contributed by atoms with Gasteiger partial charge >= 0.3 is 5.97 Å². The van der Waals surface area contributed by atoms with Gasteiger partial charge in [-0.1, -0.05) is 25.0 Å². The van der Waals surface area contributed by atoms with Crippen LogP contribution in [0.1, 0.15) is 44.5 Å². The van der Waals surface area contributed by atoms with E-state index in [4.69, 9.17) is 4.74 Å². The Morgan fingerprint density at radius 1 is 1.18 bits per heavy atom. The van der Waals surface area contributed by atoms with Crippen LogP contribution in [-0.2, 0) is 19.1 Å². The zero-order valence-electron chi connectivity index (χ0n) is 15.5. The summed E-state index contributed by atoms with van der Waals surface area (Å²) >= 11 is 0. The molecule has 0 bridgehead atoms. The van der Waals surface area contributed by atoms with Crippen LogP contribution in [0.2, 0.25) is 0 Å². The van der Waals surface area contributed by atoms with Gasteiger partial charge in [0.1, 0.15) is 6.54 Å². The fourth-order valence-electron chi connectivity index (χ4n) is 4.10. The first kappa shape index (κ1) is 18.3. The zero-order chi connectivity index (χ0) is 19.8. The number of nitrogens with one attached hydrogen (secondary N) is 1. The maximum absolute atomic E-state index is 12.5. The molecule has 1 saturated heterocycles. The Morgan fingerprint density at radius 3 is 2.50 bits per heavy atom. The van der Waals surface area contributed by atoms with Crippen molar-refractivity contribution in [3.8, 4) is 0 Å². The fourth-order valence-corrected chi connectivity index (χ4v) is 4.10. The van der Waals surface area contributed by atoms with E-state index in [0.29, 0.717) is 23.7 Å². The van der Waals surface area contributed by atoms with Gasteiger partial charge in [-0.15, -0.1) is 0 Å². The third kappa shape index (κ3) is 3.19. The van der Waals surface area contributed by atoms with Crippen molar-refractivity contribution in [2.24, 2.45) is 11.8 Å². The van der Waals surface area contributed by atoms with Crippen LogP contribution in [0, 0.1) is 11.8 Å². The molecule has 1 aliphatic carbocycles. The number of ether oxygens (including phenoxy) is 1. The molecule has 4 rings (SSSR count). The maximum Gasteiger partial charge on any atom is 0.326 e. The lowest BCUT2D eigenvalue weighted by Gasteiger charge is -2.19. The molecule has 0 radical (unpaired) electrons. The van der Waals surface area contributed by atoms with Crippen LogP contribution in [0.15, 0.2) is 29.1 Å². The molecule has 146 valence electrons. The highest BCUT2D eigenvalue weighted by atomic mass is 16.5. The molecule has 28 heavy (non-hydrogen) atoms. The number of para-hydroxylation sites is 1. The zero-order valence-corrected chi connectivity index (χ0v) is 15.5. The van der Waals surface area contributed by atoms with Gasteiger partial charge in [0, 0.05) is 0 Å². The van der Waals surface area contributed by atoms with Crippen molar-refractivity contribution in [1.29, 1.82) is 0 Å². The number of hydrogen-bond donors (Lipinski definition) is 1. The van der Waals surface area contributed by atoms with E-state index >= 15 is 0 Å². The van der Waals surface area contributed by atoms with Gasteiger partial charge in [0.2, 0.25) is 11.8 Å². The number of likely N-dealkylation sites (tertiary alicyclic amines) is 1. The highest BCUT2D eigenvalue weighted by Gasteiger charge is 2.48. The quantitative estimate of drug-likeness (QED) is 0.636. The van der Waals surface area contributed by atoms with E-state index in [1.165, 1.54) is 0 Å². The minimum Gasteiger partial charge on any atom is -0.453 e. The van der Waals surface area contributed by atoms with Crippen molar-refractivity contribution < 1.29 is 19.1 Å². The number of aromatic nitrogens is 2. The molecular weight excluding hydrogens is 362 g/mol. The lowest BCUT2D eigenvalue weighted by Crippen LogP contribution is -2.37. The first-order valence-corrected chi connectivity index (χ1v) is 9.49. The third-order valence-electron chi connectivity index (χ3n) is 5.54. The minimum atomic E-state index is -0.820. The predicted molar refractivity (Wildman–Crippen MR) is 99.0 cm³/mol. The summed E-state index contributed by atoms with van der Waals surface area (Å²) in [6.45, 7) is 1.17. The van der Waals surface area contributed by atoms with Crippen LogP contribution in [0.4, 0.5) is 0 Å². The Hall–Kier alpha value is -3.03. The van der Waals surface area contributed by atoms with Gasteiger partial charge in [-0.25, -0.2) is 4.98 Å². The van der Waals surface area contributed by atoms with Crippen LogP contribution in [0.5, 0.6) is 0 Å². The molecule has 1 aromatic heterocycles. The number of H-pyrrole nitrogens is 1. The smallest absolute Gasteiger partial charge is 0.326 e. The van der Waals surface area contributed by atoms with E-state index in [1.54, 1.807) is 31.2 Å². The SMILES string of the molecule is C[C@H](OC(=O)CN1C(=O)[C@H]2CCCC[C@H]2C1=O)c1nc2ccccc2c(=O)[nH]1. The predicted octanol–water partition coefficient (Wildman–Crippen LogP) is 1.70. The molecule has 2 amide bonds. The van der Waals surface area contributed by atoms with Crippen molar-refractivity contribution in [3.05, 3.63) is 40.4 Å². The highest BCUT2D eigenvalue weighted by molar-refractivity contribution is 6.07. The lowest BCUT2D eigenvalue weighted by atomic mass is 9.81. The summed E-state index contributed by atoms with van der Waals surface area (Å²) in [4.78, 5) is 57.4. The second kappa shape index (κ2) is 7.18. The summed E-state index contributed by atoms with van der Waals surface area (Å²) in [5, 5.41) is 0.445. The Labute approximate surface area is 160 Å². The molecule has 2 heterocycles. The molecule has 0 spiro atoms. The highest BCUT2D eigenvalue weighted by Crippen LogP contribution is 2.37. The van der Waals surface area contributed by atoms with Crippen molar-refractivity contribution in [3.63, 3.8) is 0 Å². The summed E-state index contributed by atoms with van der Waals surface area (Å²) < 4.78 is 5.33. The molecule has 3 atom stereocenters. The molecule has 1 saturated carbocycles. The fraction of sp³-hybridized carbons (Fsp3) is 0.450. The van der Waals surface area contributed by atoms with Crippen molar-refractivity contribution >= 4 is 28.7 Å². The third-order valence-corrected chi connectivity index (χ3v) is 5.54. The molecule has 8 nitrogen and oxygen atoms in total. The van der Waals surface area contributed by atoms with Crippen molar-refractivity contribution in [2.45, 2.75) is 38.7 Å². The summed E-state index contributed by atoms with van der Waals surface area (Å²) in [5.41, 5.74) is 0.176. The van der Waals surface area contributed by atoms with E-state index in [2.05, 4.69) is 9.97 Å². The van der Waals surface area contributed by atoms with Crippen LogP contribution in [0.3, 0.4) is 0 Å². The van der Waals surface area contributed by atoms with Gasteiger partial charge in [0.25, 0.3) is 5.56 Å². The number of fused-ring (bicyclic) bond motifs is 2. The average molecular weight is 383 g/mol. The summed E-state index contributed by atoms with van der Waals surface area (Å²) in [7, 11) is 0. The Kier molecular flexibility index (Phi) is 4.70. The number of hydrogen-bond acceptors (Lipinski definition) is 6. The number of nitrogens with zero attached hydrogens (tertiary/aromatic N) is 2. The molecule has 1 aliphatic heterocycles. The normalized spacial score (nSPS) is 23.0. The molecule has 1 N–H and O–H groups in total. The van der Waals surface area contributed by atoms with E-state index < -0.39 is 18.6 Å². The van der Waals surface area contributed by atoms with Crippen LogP contribution >= 0.6 is 0 Å². The van der Waals surface area contributed by atoms with E-state index in [-0.39, 0.29) is 35.0 Å². The van der Waals surface area contributed by atoms with Crippen LogP contribution in [0.25, 0.3) is 10.9 Å². The molecule has 0 unspecified atom stereocenters. The van der Waals surface area contributed by atoms with Crippen LogP contribution in [-0.4, -0.2) is 39.2 Å². The lowest BCUT2D eigenvalue weighted by molar-refractivity contribution is -0.156. The first-order chi connectivity index (χ1) is 13.5. The van der Waals surface area contributed by atoms with Gasteiger partial charge in [-0.2, -0.15) is 0 Å². The van der Waals surface area contributed by atoms with E-state index in [9.17, 15) is 19.2 Å². The van der Waals surface area contributed by atoms with Crippen LogP contribution < -0.4 is 5.56 Å². The number of imide groups is 1. The molecular formula is C20H21N3O5. The summed E-state index contributed by atoms with van der Waals surface area (Å²) in [5.74, 6) is -1.66. The Morgan fingerprint density at radius 2 is 1.82 bits per heavy atom. The van der Waals surface area contributed by atoms with Crippen molar-refractivity contribution in [1.82, 2.24) is 14.9 Å². The van der Waals surface area contributed by atoms with Gasteiger partial charge in [0.15, 0.2) is 11.9 Å². The number of carbonyl (C=O) groups is 3. The molecule has 2 aromatic rings. The maximum atomic E-state index is 12.5. The first-order valence-electron chi connectivity index (χ1n) is 9.49. The Bertz CT molecular complexity index is 990. The van der Waals surface area contributed by atoms with E-state index in [0.717, 1.165) is 17.7 Å². The standard InChI is InChI=1S/C20H21N3O5/c1-11(17-21-15-9-5-4-8-14(15)18(25)22-17)28-16(24)10-23-19(26)12-6-2-3-7-13(12)20(23)27/h4-5,8-9,11-13H,2-3,6-7,10H2,1H3,(H,21,22,25)/t11-,12-,13+/m0/s1. The largest absolute Gasteiger partial charge is 0.453 e. The molecule has 2 aliphatic rings. The monoisotopic (exact) mass is 383 g/mol. The number of esters is 1. The second-order valence-electron chi connectivity index (χ2n) is 7.36. The van der Waals surface area contributed by atoms with E-state index in [1.807, 2.05) is 0 Å². The number of benzene rings is 1. The molecule has 8 heteroatoms. The number of carbonyl (C=O) groups excluding carboxylic acids is 3. The second-order valence-corrected chi connectivity index (χ2v) is 7.36. The average Bonchev–Trinajstić information content (AvgIpc) is 2.93. The number of amides is 2. The topological polar surface area (TPSA) is 109 Å². The number of aromatic amines is 1. The van der Waals surface area contributed by atoms with Gasteiger partial charge < -0.3 is 9.72 Å². The minimum absolute atomic E-state index is 0.213.